The molecule has 1 aromatic heterocycles. The van der Waals surface area contributed by atoms with E-state index in [0.29, 0.717) is 10.8 Å². The SMILES string of the molecule is COc1ccc(-n2nnnc2SCC(=O)Nc2cc(F)ccc2C)cc1. The fraction of sp³-hybridized carbons (Fsp3) is 0.176. The van der Waals surface area contributed by atoms with Gasteiger partial charge in [-0.1, -0.05) is 17.8 Å². The van der Waals surface area contributed by atoms with Crippen molar-refractivity contribution in [3.8, 4) is 11.4 Å². The molecule has 0 aliphatic rings. The van der Waals surface area contributed by atoms with E-state index >= 15 is 0 Å². The summed E-state index contributed by atoms with van der Waals surface area (Å²) >= 11 is 1.19. The number of tetrazole rings is 1. The number of rotatable bonds is 6. The summed E-state index contributed by atoms with van der Waals surface area (Å²) in [6.45, 7) is 1.80. The summed E-state index contributed by atoms with van der Waals surface area (Å²) in [7, 11) is 1.59. The third-order valence-electron chi connectivity index (χ3n) is 3.56. The first kappa shape index (κ1) is 17.9. The molecule has 134 valence electrons. The fourth-order valence-corrected chi connectivity index (χ4v) is 2.89. The highest BCUT2D eigenvalue weighted by Crippen LogP contribution is 2.21. The van der Waals surface area contributed by atoms with Gasteiger partial charge in [0.25, 0.3) is 0 Å². The Balaban J connectivity index is 1.66. The molecule has 3 aromatic rings. The lowest BCUT2D eigenvalue weighted by molar-refractivity contribution is -0.113. The predicted molar refractivity (Wildman–Crippen MR) is 96.2 cm³/mol. The number of hydrogen-bond acceptors (Lipinski definition) is 6. The monoisotopic (exact) mass is 373 g/mol. The van der Waals surface area contributed by atoms with E-state index in [9.17, 15) is 9.18 Å². The van der Waals surface area contributed by atoms with Crippen molar-refractivity contribution < 1.29 is 13.9 Å². The van der Waals surface area contributed by atoms with Gasteiger partial charge in [-0.05, 0) is 59.3 Å². The minimum Gasteiger partial charge on any atom is -0.497 e. The second kappa shape index (κ2) is 7.96. The molecule has 2 aromatic carbocycles. The molecule has 1 heterocycles. The van der Waals surface area contributed by atoms with Crippen molar-refractivity contribution in [1.29, 1.82) is 0 Å². The molecule has 0 atom stereocenters. The highest BCUT2D eigenvalue weighted by molar-refractivity contribution is 7.99. The number of benzene rings is 2. The maximum absolute atomic E-state index is 13.3. The Morgan fingerprint density at radius 2 is 2.04 bits per heavy atom. The smallest absolute Gasteiger partial charge is 0.234 e. The summed E-state index contributed by atoms with van der Waals surface area (Å²) in [5.74, 6) is 0.141. The first-order valence-electron chi connectivity index (χ1n) is 7.68. The molecule has 9 heteroatoms. The van der Waals surface area contributed by atoms with Gasteiger partial charge in [0.05, 0.1) is 18.6 Å². The van der Waals surface area contributed by atoms with Crippen LogP contribution in [0.3, 0.4) is 0 Å². The van der Waals surface area contributed by atoms with Gasteiger partial charge in [0.15, 0.2) is 0 Å². The van der Waals surface area contributed by atoms with Gasteiger partial charge in [0.1, 0.15) is 11.6 Å². The van der Waals surface area contributed by atoms with Crippen molar-refractivity contribution in [2.75, 3.05) is 18.2 Å². The van der Waals surface area contributed by atoms with Crippen molar-refractivity contribution in [2.45, 2.75) is 12.1 Å². The van der Waals surface area contributed by atoms with E-state index in [1.54, 1.807) is 32.2 Å². The third-order valence-corrected chi connectivity index (χ3v) is 4.48. The number of nitrogens with zero attached hydrogens (tertiary/aromatic N) is 4. The van der Waals surface area contributed by atoms with Crippen LogP contribution in [-0.4, -0.2) is 39.0 Å². The average Bonchev–Trinajstić information content (AvgIpc) is 3.12. The van der Waals surface area contributed by atoms with Gasteiger partial charge in [0, 0.05) is 5.69 Å². The normalized spacial score (nSPS) is 10.6. The van der Waals surface area contributed by atoms with E-state index in [1.165, 1.54) is 28.6 Å². The lowest BCUT2D eigenvalue weighted by Crippen LogP contribution is -2.15. The quantitative estimate of drug-likeness (QED) is 0.669. The van der Waals surface area contributed by atoms with Crippen LogP contribution in [0.15, 0.2) is 47.6 Å². The lowest BCUT2D eigenvalue weighted by atomic mass is 10.2. The summed E-state index contributed by atoms with van der Waals surface area (Å²) in [6, 6.07) is 11.5. The molecule has 0 fully saturated rings. The molecular formula is C17H16FN5O2S. The molecule has 1 amide bonds. The van der Waals surface area contributed by atoms with Crippen molar-refractivity contribution in [3.63, 3.8) is 0 Å². The summed E-state index contributed by atoms with van der Waals surface area (Å²) in [5.41, 5.74) is 1.98. The number of aryl methyl sites for hydroxylation is 1. The molecule has 0 aliphatic carbocycles. The second-order valence-corrected chi connectivity index (χ2v) is 6.31. The average molecular weight is 373 g/mol. The molecule has 7 nitrogen and oxygen atoms in total. The number of carbonyl (C=O) groups excluding carboxylic acids is 1. The van der Waals surface area contributed by atoms with Gasteiger partial charge in [-0.3, -0.25) is 4.79 Å². The first-order chi connectivity index (χ1) is 12.6. The molecule has 0 unspecified atom stereocenters. The van der Waals surface area contributed by atoms with Crippen LogP contribution < -0.4 is 10.1 Å². The van der Waals surface area contributed by atoms with Crippen molar-refractivity contribution >= 4 is 23.4 Å². The maximum atomic E-state index is 13.3. The van der Waals surface area contributed by atoms with Crippen LogP contribution in [0.5, 0.6) is 5.75 Å². The van der Waals surface area contributed by atoms with Crippen LogP contribution in [0.1, 0.15) is 5.56 Å². The number of thioether (sulfide) groups is 1. The topological polar surface area (TPSA) is 81.9 Å². The molecule has 1 N–H and O–H groups in total. The second-order valence-electron chi connectivity index (χ2n) is 5.37. The van der Waals surface area contributed by atoms with Crippen LogP contribution in [0.4, 0.5) is 10.1 Å². The minimum absolute atomic E-state index is 0.0898. The molecule has 3 rings (SSSR count). The molecule has 0 saturated heterocycles. The van der Waals surface area contributed by atoms with Crippen molar-refractivity contribution in [1.82, 2.24) is 20.2 Å². The molecule has 0 bridgehead atoms. The molecular weight excluding hydrogens is 357 g/mol. The Labute approximate surface area is 153 Å². The van der Waals surface area contributed by atoms with E-state index in [-0.39, 0.29) is 11.7 Å². The van der Waals surface area contributed by atoms with Gasteiger partial charge in [-0.15, -0.1) is 5.10 Å². The zero-order chi connectivity index (χ0) is 18.5. The Morgan fingerprint density at radius 1 is 1.27 bits per heavy atom. The zero-order valence-electron chi connectivity index (χ0n) is 14.1. The Hall–Kier alpha value is -2.94. The molecule has 0 aliphatic heterocycles. The summed E-state index contributed by atoms with van der Waals surface area (Å²) in [4.78, 5) is 12.2. The number of hydrogen-bond donors (Lipinski definition) is 1. The number of ether oxygens (including phenoxy) is 1. The standard InChI is InChI=1S/C17H16FN5O2S/c1-11-3-4-12(18)9-15(11)19-16(24)10-26-17-20-21-22-23(17)13-5-7-14(25-2)8-6-13/h3-9H,10H2,1-2H3,(H,19,24). The van der Waals surface area contributed by atoms with Crippen LogP contribution in [0.2, 0.25) is 0 Å². The maximum Gasteiger partial charge on any atom is 0.234 e. The summed E-state index contributed by atoms with van der Waals surface area (Å²) in [6.07, 6.45) is 0. The van der Waals surface area contributed by atoms with E-state index in [0.717, 1.165) is 17.0 Å². The van der Waals surface area contributed by atoms with Gasteiger partial charge in [-0.2, -0.15) is 4.68 Å². The third kappa shape index (κ3) is 4.17. The lowest BCUT2D eigenvalue weighted by Gasteiger charge is -2.08. The fourth-order valence-electron chi connectivity index (χ4n) is 2.20. The number of methoxy groups -OCH3 is 1. The number of anilines is 1. The molecule has 0 radical (unpaired) electrons. The summed E-state index contributed by atoms with van der Waals surface area (Å²) < 4.78 is 20.0. The van der Waals surface area contributed by atoms with E-state index in [2.05, 4.69) is 20.8 Å². The number of aromatic nitrogens is 4. The highest BCUT2D eigenvalue weighted by Gasteiger charge is 2.12. The van der Waals surface area contributed by atoms with E-state index in [4.69, 9.17) is 4.74 Å². The predicted octanol–water partition coefficient (Wildman–Crippen LogP) is 2.85. The number of halogens is 1. The van der Waals surface area contributed by atoms with Crippen molar-refractivity contribution in [3.05, 3.63) is 53.8 Å². The van der Waals surface area contributed by atoms with Crippen LogP contribution in [0.25, 0.3) is 5.69 Å². The van der Waals surface area contributed by atoms with Crippen molar-refractivity contribution in [2.24, 2.45) is 0 Å². The first-order valence-corrected chi connectivity index (χ1v) is 8.67. The molecule has 26 heavy (non-hydrogen) atoms. The highest BCUT2D eigenvalue weighted by atomic mass is 32.2. The Bertz CT molecular complexity index is 914. The summed E-state index contributed by atoms with van der Waals surface area (Å²) in [5, 5.41) is 14.7. The number of nitrogens with one attached hydrogen (secondary N) is 1. The van der Waals surface area contributed by atoms with Crippen LogP contribution in [-0.2, 0) is 4.79 Å². The number of amides is 1. The van der Waals surface area contributed by atoms with Gasteiger partial charge >= 0.3 is 0 Å². The molecule has 0 saturated carbocycles. The largest absolute Gasteiger partial charge is 0.497 e. The van der Waals surface area contributed by atoms with E-state index in [1.807, 2.05) is 12.1 Å². The Morgan fingerprint density at radius 3 is 2.77 bits per heavy atom. The molecule has 0 spiro atoms. The zero-order valence-corrected chi connectivity index (χ0v) is 15.0. The van der Waals surface area contributed by atoms with Gasteiger partial charge in [-0.25, -0.2) is 4.39 Å². The van der Waals surface area contributed by atoms with Gasteiger partial charge < -0.3 is 10.1 Å². The van der Waals surface area contributed by atoms with E-state index < -0.39 is 5.82 Å². The minimum atomic E-state index is -0.401. The Kier molecular flexibility index (Phi) is 5.47. The van der Waals surface area contributed by atoms with Crippen LogP contribution >= 0.6 is 11.8 Å². The number of carbonyl (C=O) groups is 1. The van der Waals surface area contributed by atoms with Crippen LogP contribution in [0, 0.1) is 12.7 Å². The van der Waals surface area contributed by atoms with Gasteiger partial charge in [0.2, 0.25) is 11.1 Å².